The summed E-state index contributed by atoms with van der Waals surface area (Å²) in [5.74, 6) is -2.03. The van der Waals surface area contributed by atoms with Crippen LogP contribution in [0.25, 0.3) is 10.9 Å². The number of carbonyl (C=O) groups excluding carboxylic acids is 1. The van der Waals surface area contributed by atoms with Gasteiger partial charge >= 0.3 is 0 Å². The minimum absolute atomic E-state index is 0.0346. The van der Waals surface area contributed by atoms with Gasteiger partial charge in [0.1, 0.15) is 17.7 Å². The van der Waals surface area contributed by atoms with E-state index in [2.05, 4.69) is 35.5 Å². The molecule has 0 saturated carbocycles. The van der Waals surface area contributed by atoms with E-state index in [-0.39, 0.29) is 28.2 Å². The highest BCUT2D eigenvalue weighted by molar-refractivity contribution is 6.01. The number of rotatable bonds is 6. The Morgan fingerprint density at radius 3 is 2.62 bits per heavy atom. The average Bonchev–Trinajstić information content (AvgIpc) is 3.30. The number of aromatic nitrogens is 4. The molecule has 4 heterocycles. The summed E-state index contributed by atoms with van der Waals surface area (Å²) in [6, 6.07) is 6.11. The first-order chi connectivity index (χ1) is 17.8. The summed E-state index contributed by atoms with van der Waals surface area (Å²) < 4.78 is 35.5. The second kappa shape index (κ2) is 9.97. The van der Waals surface area contributed by atoms with Gasteiger partial charge < -0.3 is 30.2 Å². The van der Waals surface area contributed by atoms with Crippen LogP contribution in [0.5, 0.6) is 11.6 Å². The number of aromatic amines is 1. The van der Waals surface area contributed by atoms with Gasteiger partial charge in [-0.15, -0.1) is 0 Å². The standard InChI is InChI=1S/C25H26F2N8O2/c1-14-10-16-21(27)18(11-17(26)22(16)32-14)37-24-20(25(36)34(2)3)23(30-13-31-24)33-19-5-4-15(12-29-19)35-8-6-28-7-9-35/h4-5,10-13,28,32H,6-9H2,1-3H3,(H,29,30,31,33). The zero-order valence-corrected chi connectivity index (χ0v) is 20.6. The number of anilines is 3. The number of fused-ring (bicyclic) bond motifs is 1. The van der Waals surface area contributed by atoms with E-state index in [1.165, 1.54) is 17.3 Å². The third kappa shape index (κ3) is 4.87. The molecule has 5 rings (SSSR count). The van der Waals surface area contributed by atoms with Crippen LogP contribution in [0.15, 0.2) is 36.8 Å². The summed E-state index contributed by atoms with van der Waals surface area (Å²) >= 11 is 0. The molecule has 4 aromatic rings. The third-order valence-corrected chi connectivity index (χ3v) is 6.02. The molecule has 0 atom stereocenters. The highest BCUT2D eigenvalue weighted by atomic mass is 19.1. The van der Waals surface area contributed by atoms with Crippen molar-refractivity contribution in [3.8, 4) is 11.6 Å². The smallest absolute Gasteiger partial charge is 0.262 e. The van der Waals surface area contributed by atoms with Crippen molar-refractivity contribution in [3.05, 3.63) is 59.7 Å². The quantitative estimate of drug-likeness (QED) is 0.363. The number of H-pyrrole nitrogens is 1. The number of pyridine rings is 1. The minimum atomic E-state index is -0.776. The molecule has 12 heteroatoms. The third-order valence-electron chi connectivity index (χ3n) is 6.02. The summed E-state index contributed by atoms with van der Waals surface area (Å²) in [4.78, 5) is 32.2. The lowest BCUT2D eigenvalue weighted by Gasteiger charge is -2.29. The Kier molecular flexibility index (Phi) is 6.57. The summed E-state index contributed by atoms with van der Waals surface area (Å²) in [5.41, 5.74) is 1.56. The number of hydrogen-bond donors (Lipinski definition) is 3. The van der Waals surface area contributed by atoms with Crippen molar-refractivity contribution in [2.45, 2.75) is 6.92 Å². The van der Waals surface area contributed by atoms with Crippen molar-refractivity contribution in [2.24, 2.45) is 0 Å². The maximum Gasteiger partial charge on any atom is 0.262 e. The fourth-order valence-electron chi connectivity index (χ4n) is 4.16. The van der Waals surface area contributed by atoms with Gasteiger partial charge in [0.05, 0.1) is 17.4 Å². The number of amides is 1. The zero-order valence-electron chi connectivity index (χ0n) is 20.6. The molecule has 0 bridgehead atoms. The van der Waals surface area contributed by atoms with Crippen molar-refractivity contribution in [3.63, 3.8) is 0 Å². The fraction of sp³-hybridized carbons (Fsp3) is 0.280. The summed E-state index contributed by atoms with van der Waals surface area (Å²) in [5, 5.41) is 6.38. The van der Waals surface area contributed by atoms with Gasteiger partial charge in [0, 0.05) is 57.4 Å². The van der Waals surface area contributed by atoms with Crippen LogP contribution in [0, 0.1) is 18.6 Å². The van der Waals surface area contributed by atoms with Gasteiger partial charge in [-0.1, -0.05) is 0 Å². The van der Waals surface area contributed by atoms with Crippen LogP contribution in [0.2, 0.25) is 0 Å². The number of carbonyl (C=O) groups is 1. The number of hydrogen-bond acceptors (Lipinski definition) is 8. The van der Waals surface area contributed by atoms with Crippen molar-refractivity contribution in [1.82, 2.24) is 30.2 Å². The number of halogens is 2. The van der Waals surface area contributed by atoms with Crippen LogP contribution in [-0.4, -0.2) is 71.0 Å². The molecule has 3 aromatic heterocycles. The Morgan fingerprint density at radius 2 is 1.92 bits per heavy atom. The molecule has 1 saturated heterocycles. The minimum Gasteiger partial charge on any atom is -0.435 e. The van der Waals surface area contributed by atoms with Crippen molar-refractivity contribution < 1.29 is 18.3 Å². The predicted octanol–water partition coefficient (Wildman–Crippen LogP) is 3.59. The first-order valence-corrected chi connectivity index (χ1v) is 11.7. The van der Waals surface area contributed by atoms with Crippen LogP contribution in [0.3, 0.4) is 0 Å². The number of piperazine rings is 1. The van der Waals surface area contributed by atoms with Crippen LogP contribution in [0.1, 0.15) is 16.1 Å². The Hall–Kier alpha value is -4.32. The van der Waals surface area contributed by atoms with E-state index >= 15 is 4.39 Å². The van der Waals surface area contributed by atoms with Crippen molar-refractivity contribution in [1.29, 1.82) is 0 Å². The Labute approximate surface area is 211 Å². The van der Waals surface area contributed by atoms with E-state index in [0.717, 1.165) is 37.9 Å². The highest BCUT2D eigenvalue weighted by Crippen LogP contribution is 2.35. The van der Waals surface area contributed by atoms with E-state index in [1.54, 1.807) is 33.3 Å². The van der Waals surface area contributed by atoms with Gasteiger partial charge in [0.15, 0.2) is 23.2 Å². The van der Waals surface area contributed by atoms with Crippen LogP contribution >= 0.6 is 0 Å². The molecule has 1 amide bonds. The molecule has 0 spiro atoms. The van der Waals surface area contributed by atoms with Crippen molar-refractivity contribution in [2.75, 3.05) is 50.5 Å². The second-order valence-corrected chi connectivity index (χ2v) is 8.88. The van der Waals surface area contributed by atoms with Gasteiger partial charge in [0.25, 0.3) is 5.91 Å². The normalized spacial score (nSPS) is 13.6. The van der Waals surface area contributed by atoms with Crippen LogP contribution in [-0.2, 0) is 0 Å². The molecule has 1 aliphatic rings. The van der Waals surface area contributed by atoms with Crippen LogP contribution in [0.4, 0.5) is 26.1 Å². The summed E-state index contributed by atoms with van der Waals surface area (Å²) in [6.45, 7) is 5.27. The molecule has 1 aliphatic heterocycles. The first-order valence-electron chi connectivity index (χ1n) is 11.7. The van der Waals surface area contributed by atoms with E-state index < -0.39 is 23.3 Å². The first kappa shape index (κ1) is 24.4. The van der Waals surface area contributed by atoms with Crippen molar-refractivity contribution >= 4 is 34.1 Å². The van der Waals surface area contributed by atoms with E-state index in [1.807, 2.05) is 6.07 Å². The van der Waals surface area contributed by atoms with Gasteiger partial charge in [-0.05, 0) is 25.1 Å². The van der Waals surface area contributed by atoms with E-state index in [0.29, 0.717) is 11.5 Å². The molecule has 192 valence electrons. The number of benzene rings is 1. The lowest BCUT2D eigenvalue weighted by molar-refractivity contribution is 0.0825. The molecule has 1 aromatic carbocycles. The number of aryl methyl sites for hydroxylation is 1. The summed E-state index contributed by atoms with van der Waals surface area (Å²) in [7, 11) is 3.11. The molecule has 37 heavy (non-hydrogen) atoms. The van der Waals surface area contributed by atoms with Gasteiger partial charge in [-0.3, -0.25) is 4.79 Å². The Morgan fingerprint density at radius 1 is 1.14 bits per heavy atom. The largest absolute Gasteiger partial charge is 0.435 e. The maximum atomic E-state index is 15.2. The highest BCUT2D eigenvalue weighted by Gasteiger charge is 2.25. The molecule has 0 unspecified atom stereocenters. The molecular weight excluding hydrogens is 482 g/mol. The predicted molar refractivity (Wildman–Crippen MR) is 136 cm³/mol. The van der Waals surface area contributed by atoms with Gasteiger partial charge in [0.2, 0.25) is 5.88 Å². The average molecular weight is 509 g/mol. The maximum absolute atomic E-state index is 15.2. The summed E-state index contributed by atoms with van der Waals surface area (Å²) in [6.07, 6.45) is 2.92. The number of nitrogens with zero attached hydrogens (tertiary/aromatic N) is 5. The second-order valence-electron chi connectivity index (χ2n) is 8.88. The van der Waals surface area contributed by atoms with Crippen LogP contribution < -0.4 is 20.3 Å². The molecule has 1 fully saturated rings. The molecule has 3 N–H and O–H groups in total. The topological polar surface area (TPSA) is 111 Å². The monoisotopic (exact) mass is 508 g/mol. The van der Waals surface area contributed by atoms with Gasteiger partial charge in [-0.25, -0.2) is 23.7 Å². The van der Waals surface area contributed by atoms with E-state index in [4.69, 9.17) is 4.74 Å². The lowest BCUT2D eigenvalue weighted by Crippen LogP contribution is -2.43. The lowest BCUT2D eigenvalue weighted by atomic mass is 10.2. The zero-order chi connectivity index (χ0) is 26.1. The Bertz CT molecular complexity index is 1450. The molecule has 0 radical (unpaired) electrons. The number of ether oxygens (including phenoxy) is 1. The number of nitrogens with one attached hydrogen (secondary N) is 3. The fourth-order valence-corrected chi connectivity index (χ4v) is 4.16. The Balaban J connectivity index is 1.48. The SMILES string of the molecule is Cc1cc2c(F)c(Oc3ncnc(Nc4ccc(N5CCNCC5)cn4)c3C(=O)N(C)C)cc(F)c2[nH]1. The van der Waals surface area contributed by atoms with E-state index in [9.17, 15) is 9.18 Å². The van der Waals surface area contributed by atoms with Gasteiger partial charge in [-0.2, -0.15) is 0 Å². The molecule has 10 nitrogen and oxygen atoms in total. The molecule has 0 aliphatic carbocycles. The molecular formula is C25H26F2N8O2.